The van der Waals surface area contributed by atoms with Crippen molar-refractivity contribution in [2.75, 3.05) is 17.2 Å². The second-order valence-corrected chi connectivity index (χ2v) is 8.08. The number of nitrogens with zero attached hydrogens (tertiary/aromatic N) is 3. The summed E-state index contributed by atoms with van der Waals surface area (Å²) >= 11 is 0. The van der Waals surface area contributed by atoms with Crippen LogP contribution in [0.5, 0.6) is 0 Å². The van der Waals surface area contributed by atoms with Crippen molar-refractivity contribution < 1.29 is 14.7 Å². The van der Waals surface area contributed by atoms with Crippen LogP contribution >= 0.6 is 0 Å². The smallest absolute Gasteiger partial charge is 0.326 e. The summed E-state index contributed by atoms with van der Waals surface area (Å²) in [7, 11) is 0. The highest BCUT2D eigenvalue weighted by Gasteiger charge is 2.16. The lowest BCUT2D eigenvalue weighted by Gasteiger charge is -2.13. The van der Waals surface area contributed by atoms with Gasteiger partial charge in [-0.15, -0.1) is 0 Å². The molecule has 4 N–H and O–H groups in total. The predicted molar refractivity (Wildman–Crippen MR) is 123 cm³/mol. The fourth-order valence-corrected chi connectivity index (χ4v) is 3.41. The average Bonchev–Trinajstić information content (AvgIpc) is 3.07. The first-order chi connectivity index (χ1) is 15.4. The zero-order valence-corrected chi connectivity index (χ0v) is 18.3. The SMILES string of the molecule is CC(C)CC(=O)Nc1ccc2c(c1)nc(NC(=O)NC1=CCC(C#N)C=C1)n2CCCO. The maximum absolute atomic E-state index is 12.5. The molecule has 0 radical (unpaired) electrons. The van der Waals surface area contributed by atoms with Crippen LogP contribution in [0.15, 0.2) is 42.1 Å². The fourth-order valence-electron chi connectivity index (χ4n) is 3.41. The number of aliphatic hydroxyl groups is 1. The maximum atomic E-state index is 12.5. The monoisotopic (exact) mass is 436 g/mol. The van der Waals surface area contributed by atoms with E-state index < -0.39 is 6.03 Å². The number of imidazole rings is 1. The lowest BCUT2D eigenvalue weighted by molar-refractivity contribution is -0.116. The molecule has 0 bridgehead atoms. The van der Waals surface area contributed by atoms with Gasteiger partial charge in [0.15, 0.2) is 0 Å². The number of benzene rings is 1. The van der Waals surface area contributed by atoms with Crippen molar-refractivity contribution in [2.24, 2.45) is 11.8 Å². The number of hydrogen-bond acceptors (Lipinski definition) is 5. The molecule has 0 saturated carbocycles. The first-order valence-corrected chi connectivity index (χ1v) is 10.7. The Morgan fingerprint density at radius 2 is 2.12 bits per heavy atom. The molecule has 168 valence electrons. The van der Waals surface area contributed by atoms with Gasteiger partial charge >= 0.3 is 6.03 Å². The van der Waals surface area contributed by atoms with Crippen molar-refractivity contribution in [3.63, 3.8) is 0 Å². The Labute approximate surface area is 186 Å². The Morgan fingerprint density at radius 1 is 1.31 bits per heavy atom. The van der Waals surface area contributed by atoms with Crippen LogP contribution < -0.4 is 16.0 Å². The van der Waals surface area contributed by atoms with E-state index in [1.165, 1.54) is 0 Å². The number of hydrogen-bond donors (Lipinski definition) is 4. The maximum Gasteiger partial charge on any atom is 0.326 e. The van der Waals surface area contributed by atoms with Crippen molar-refractivity contribution in [2.45, 2.75) is 39.7 Å². The summed E-state index contributed by atoms with van der Waals surface area (Å²) in [6, 6.07) is 7.11. The number of aromatic nitrogens is 2. The van der Waals surface area contributed by atoms with Gasteiger partial charge in [0, 0.05) is 31.0 Å². The third-order valence-corrected chi connectivity index (χ3v) is 4.91. The van der Waals surface area contributed by atoms with Crippen LogP contribution in [0.3, 0.4) is 0 Å². The molecule has 1 atom stereocenters. The van der Waals surface area contributed by atoms with E-state index in [9.17, 15) is 14.7 Å². The van der Waals surface area contributed by atoms with E-state index in [0.717, 1.165) is 5.52 Å². The van der Waals surface area contributed by atoms with Crippen LogP contribution in [0.1, 0.15) is 33.1 Å². The summed E-state index contributed by atoms with van der Waals surface area (Å²) in [6.07, 6.45) is 6.73. The van der Waals surface area contributed by atoms with Gasteiger partial charge in [-0.25, -0.2) is 9.78 Å². The summed E-state index contributed by atoms with van der Waals surface area (Å²) in [5.41, 5.74) is 2.65. The van der Waals surface area contributed by atoms with E-state index in [0.29, 0.717) is 48.7 Å². The summed E-state index contributed by atoms with van der Waals surface area (Å²) in [4.78, 5) is 29.1. The van der Waals surface area contributed by atoms with E-state index in [1.807, 2.05) is 24.5 Å². The van der Waals surface area contributed by atoms with Crippen LogP contribution in [0, 0.1) is 23.2 Å². The number of carbonyl (C=O) groups is 2. The Kier molecular flexibility index (Phi) is 7.63. The Hall–Kier alpha value is -3.64. The van der Waals surface area contributed by atoms with Gasteiger partial charge in [0.05, 0.1) is 23.0 Å². The summed E-state index contributed by atoms with van der Waals surface area (Å²) in [5, 5.41) is 26.6. The lowest BCUT2D eigenvalue weighted by atomic mass is 10.0. The highest BCUT2D eigenvalue weighted by atomic mass is 16.3. The van der Waals surface area contributed by atoms with Crippen LogP contribution in [0.2, 0.25) is 0 Å². The number of amides is 3. The normalized spacial score (nSPS) is 15.3. The van der Waals surface area contributed by atoms with Crippen molar-refractivity contribution in [3.8, 4) is 6.07 Å². The van der Waals surface area contributed by atoms with Gasteiger partial charge in [0.25, 0.3) is 0 Å². The topological polar surface area (TPSA) is 132 Å². The summed E-state index contributed by atoms with van der Waals surface area (Å²) in [6.45, 7) is 4.44. The molecular weight excluding hydrogens is 408 g/mol. The van der Waals surface area contributed by atoms with E-state index in [1.54, 1.807) is 30.4 Å². The minimum absolute atomic E-state index is 0.00634. The third-order valence-electron chi connectivity index (χ3n) is 4.91. The second kappa shape index (κ2) is 10.6. The highest BCUT2D eigenvalue weighted by molar-refractivity contribution is 5.95. The number of urea groups is 1. The number of anilines is 2. The molecule has 1 aliphatic carbocycles. The molecule has 0 spiro atoms. The number of nitrogens with one attached hydrogen (secondary N) is 3. The van der Waals surface area contributed by atoms with E-state index >= 15 is 0 Å². The van der Waals surface area contributed by atoms with Crippen LogP contribution in [0.25, 0.3) is 11.0 Å². The molecular formula is C23H28N6O3. The van der Waals surface area contributed by atoms with E-state index in [-0.39, 0.29) is 24.3 Å². The highest BCUT2D eigenvalue weighted by Crippen LogP contribution is 2.24. The van der Waals surface area contributed by atoms with Crippen molar-refractivity contribution in [1.29, 1.82) is 5.26 Å². The number of aliphatic hydroxyl groups excluding tert-OH is 1. The number of carbonyl (C=O) groups excluding carboxylic acids is 2. The average molecular weight is 437 g/mol. The number of allylic oxidation sites excluding steroid dienone is 3. The van der Waals surface area contributed by atoms with E-state index in [2.05, 4.69) is 27.0 Å². The van der Waals surface area contributed by atoms with Gasteiger partial charge < -0.3 is 20.3 Å². The molecule has 1 aromatic heterocycles. The molecule has 1 aliphatic rings. The molecule has 0 saturated heterocycles. The predicted octanol–water partition coefficient (Wildman–Crippen LogP) is 3.51. The molecule has 0 aliphatic heterocycles. The molecule has 3 amide bonds. The Balaban J connectivity index is 1.78. The molecule has 3 rings (SSSR count). The number of nitriles is 1. The van der Waals surface area contributed by atoms with Gasteiger partial charge in [-0.3, -0.25) is 10.1 Å². The van der Waals surface area contributed by atoms with Crippen LogP contribution in [-0.2, 0) is 11.3 Å². The Bertz CT molecular complexity index is 1090. The van der Waals surface area contributed by atoms with Gasteiger partial charge in [-0.2, -0.15) is 5.26 Å². The third kappa shape index (κ3) is 5.95. The lowest BCUT2D eigenvalue weighted by Crippen LogP contribution is -2.29. The molecule has 1 aromatic carbocycles. The van der Waals surface area contributed by atoms with Crippen molar-refractivity contribution in [3.05, 3.63) is 42.1 Å². The molecule has 0 fully saturated rings. The second-order valence-electron chi connectivity index (χ2n) is 8.08. The summed E-state index contributed by atoms with van der Waals surface area (Å²) in [5.74, 6) is 0.350. The zero-order valence-electron chi connectivity index (χ0n) is 18.3. The molecule has 2 aromatic rings. The minimum atomic E-state index is -0.456. The van der Waals surface area contributed by atoms with E-state index in [4.69, 9.17) is 5.26 Å². The van der Waals surface area contributed by atoms with Crippen molar-refractivity contribution >= 4 is 34.6 Å². The summed E-state index contributed by atoms with van der Waals surface area (Å²) < 4.78 is 1.82. The number of fused-ring (bicyclic) bond motifs is 1. The number of rotatable bonds is 8. The first-order valence-electron chi connectivity index (χ1n) is 10.7. The number of aryl methyl sites for hydroxylation is 1. The van der Waals surface area contributed by atoms with Crippen molar-refractivity contribution in [1.82, 2.24) is 14.9 Å². The standard InChI is InChI=1S/C23H28N6O3/c1-15(2)12-21(31)25-18-8-9-20-19(13-18)27-22(29(20)10-3-11-30)28-23(32)26-17-6-4-16(14-24)5-7-17/h4,6-9,13,15-16,30H,3,5,10-12H2,1-2H3,(H,25,31)(H2,26,27,28,32). The van der Waals surface area contributed by atoms with Crippen LogP contribution in [-0.4, -0.2) is 33.2 Å². The zero-order chi connectivity index (χ0) is 23.1. The molecule has 1 unspecified atom stereocenters. The van der Waals surface area contributed by atoms with Gasteiger partial charge in [-0.05, 0) is 43.0 Å². The van der Waals surface area contributed by atoms with Gasteiger partial charge in [0.2, 0.25) is 11.9 Å². The molecule has 32 heavy (non-hydrogen) atoms. The molecule has 9 nitrogen and oxygen atoms in total. The molecule has 9 heteroatoms. The quantitative estimate of drug-likeness (QED) is 0.503. The Morgan fingerprint density at radius 3 is 2.78 bits per heavy atom. The van der Waals surface area contributed by atoms with Gasteiger partial charge in [-0.1, -0.05) is 26.0 Å². The largest absolute Gasteiger partial charge is 0.396 e. The molecule has 1 heterocycles. The minimum Gasteiger partial charge on any atom is -0.396 e. The van der Waals surface area contributed by atoms with Gasteiger partial charge in [0.1, 0.15) is 0 Å². The fraction of sp³-hybridized carbons (Fsp3) is 0.391. The first kappa shape index (κ1) is 23.0. The van der Waals surface area contributed by atoms with Crippen LogP contribution in [0.4, 0.5) is 16.4 Å².